The summed E-state index contributed by atoms with van der Waals surface area (Å²) in [6, 6.07) is 17.6. The Morgan fingerprint density at radius 2 is 1.64 bits per heavy atom. The van der Waals surface area contributed by atoms with Gasteiger partial charge in [0, 0.05) is 5.56 Å². The fourth-order valence-electron chi connectivity index (χ4n) is 2.28. The molecule has 0 bridgehead atoms. The molecule has 3 nitrogen and oxygen atoms in total. The van der Waals surface area contributed by atoms with Crippen LogP contribution in [0.25, 0.3) is 0 Å². The van der Waals surface area contributed by atoms with Crippen molar-refractivity contribution in [3.63, 3.8) is 0 Å². The molecule has 25 heavy (non-hydrogen) atoms. The van der Waals surface area contributed by atoms with Crippen LogP contribution in [-0.4, -0.2) is 19.6 Å². The number of hydrogen-bond donors (Lipinski definition) is 1. The molecule has 1 unspecified atom stereocenters. The molecule has 0 heterocycles. The Kier molecular flexibility index (Phi) is 6.80. The third-order valence-corrected chi connectivity index (χ3v) is 5.50. The summed E-state index contributed by atoms with van der Waals surface area (Å²) in [5.74, 6) is 5.67. The largest absolute Gasteiger partial charge is 0.380 e. The second kappa shape index (κ2) is 9.05. The van der Waals surface area contributed by atoms with Gasteiger partial charge in [-0.3, -0.25) is 0 Å². The van der Waals surface area contributed by atoms with Gasteiger partial charge in [-0.25, -0.2) is 8.42 Å². The molecule has 0 saturated heterocycles. The molecule has 0 aliphatic rings. The maximum Gasteiger partial charge on any atom is 0.209 e. The Bertz CT molecular complexity index is 898. The van der Waals surface area contributed by atoms with Crippen LogP contribution in [0.2, 0.25) is 0 Å². The van der Waals surface area contributed by atoms with Crippen LogP contribution >= 0.6 is 0 Å². The van der Waals surface area contributed by atoms with Gasteiger partial charge in [0.2, 0.25) is 9.84 Å². The zero-order valence-electron chi connectivity index (χ0n) is 13.9. The second-order valence-corrected chi connectivity index (χ2v) is 7.43. The molecule has 2 rings (SSSR count). The zero-order valence-corrected chi connectivity index (χ0v) is 14.7. The van der Waals surface area contributed by atoms with Crippen LogP contribution in [-0.2, 0) is 9.84 Å². The van der Waals surface area contributed by atoms with Gasteiger partial charge in [0.05, 0.1) is 9.80 Å². The summed E-state index contributed by atoms with van der Waals surface area (Å²) >= 11 is 0. The monoisotopic (exact) mass is 352 g/mol. The first-order valence-electron chi connectivity index (χ1n) is 7.98. The molecule has 0 amide bonds. The summed E-state index contributed by atoms with van der Waals surface area (Å²) in [6.45, 7) is 3.49. The van der Waals surface area contributed by atoms with E-state index in [1.165, 1.54) is 0 Å². The molecular weight excluding hydrogens is 332 g/mol. The topological polar surface area (TPSA) is 54.4 Å². The molecule has 0 aliphatic carbocycles. The van der Waals surface area contributed by atoms with Gasteiger partial charge in [0.1, 0.15) is 6.10 Å². The van der Waals surface area contributed by atoms with Gasteiger partial charge in [-0.15, -0.1) is 5.73 Å². The zero-order chi connectivity index (χ0) is 18.1. The van der Waals surface area contributed by atoms with E-state index in [2.05, 4.69) is 24.2 Å². The first kappa shape index (κ1) is 18.8. The van der Waals surface area contributed by atoms with Crippen molar-refractivity contribution in [2.24, 2.45) is 0 Å². The minimum absolute atomic E-state index is 0.141. The summed E-state index contributed by atoms with van der Waals surface area (Å²) in [5, 5.41) is 9.95. The number of rotatable bonds is 6. The third kappa shape index (κ3) is 5.48. The fourth-order valence-corrected chi connectivity index (χ4v) is 3.68. The quantitative estimate of drug-likeness (QED) is 0.637. The highest BCUT2D eigenvalue weighted by atomic mass is 32.2. The molecule has 0 aliphatic heterocycles. The minimum atomic E-state index is -3.58. The van der Waals surface area contributed by atoms with Crippen molar-refractivity contribution in [3.05, 3.63) is 83.4 Å². The third-order valence-electron chi connectivity index (χ3n) is 3.61. The van der Waals surface area contributed by atoms with Crippen LogP contribution in [0.3, 0.4) is 0 Å². The Hall–Kier alpha value is -2.57. The van der Waals surface area contributed by atoms with Crippen LogP contribution in [0, 0.1) is 11.8 Å². The number of sulfone groups is 1. The lowest BCUT2D eigenvalue weighted by atomic mass is 10.1. The molecule has 0 spiro atoms. The molecule has 2 aromatic rings. The summed E-state index contributed by atoms with van der Waals surface area (Å²) in [7, 11) is -3.58. The summed E-state index contributed by atoms with van der Waals surface area (Å²) in [5.41, 5.74) is 3.37. The first-order valence-corrected chi connectivity index (χ1v) is 9.46. The van der Waals surface area contributed by atoms with E-state index in [9.17, 15) is 13.5 Å². The molecular formula is C21H20O3S. The van der Waals surface area contributed by atoms with Crippen LogP contribution in [0.4, 0.5) is 0 Å². The van der Waals surface area contributed by atoms with Crippen LogP contribution < -0.4 is 0 Å². The maximum atomic E-state index is 12.5. The van der Waals surface area contributed by atoms with Crippen molar-refractivity contribution >= 4 is 9.84 Å². The van der Waals surface area contributed by atoms with E-state index in [4.69, 9.17) is 0 Å². The Balaban J connectivity index is 1.94. The number of allylic oxidation sites excluding steroid dienone is 1. The lowest BCUT2D eigenvalue weighted by Gasteiger charge is -2.08. The summed E-state index contributed by atoms with van der Waals surface area (Å²) in [4.78, 5) is 0.368. The van der Waals surface area contributed by atoms with E-state index in [0.717, 1.165) is 5.56 Å². The Labute approximate surface area is 149 Å². The van der Waals surface area contributed by atoms with Crippen molar-refractivity contribution in [1.29, 1.82) is 0 Å². The number of hydrogen-bond acceptors (Lipinski definition) is 3. The lowest BCUT2D eigenvalue weighted by molar-refractivity contribution is 0.219. The van der Waals surface area contributed by atoms with E-state index >= 15 is 0 Å². The predicted octanol–water partition coefficient (Wildman–Crippen LogP) is 3.71. The van der Waals surface area contributed by atoms with Crippen molar-refractivity contribution in [1.82, 2.24) is 0 Å². The van der Waals surface area contributed by atoms with Crippen molar-refractivity contribution in [2.75, 3.05) is 0 Å². The molecule has 0 fully saturated rings. The van der Waals surface area contributed by atoms with E-state index in [-0.39, 0.29) is 16.2 Å². The predicted molar refractivity (Wildman–Crippen MR) is 99.5 cm³/mol. The number of aliphatic hydroxyl groups is 1. The standard InChI is InChI=1S/C21H20O3S/c1-2-20(25(23,24)21-13-7-4-8-14-21)15-9-12-19(22)17-16-18-10-5-3-6-11-18/h3-8,10-11,13-14,19,22H,1,9,12,15H2. The molecule has 2 aromatic carbocycles. The highest BCUT2D eigenvalue weighted by Gasteiger charge is 2.19. The average molecular weight is 352 g/mol. The van der Waals surface area contributed by atoms with Crippen LogP contribution in [0.1, 0.15) is 24.8 Å². The van der Waals surface area contributed by atoms with Crippen LogP contribution in [0.5, 0.6) is 0 Å². The number of benzene rings is 2. The van der Waals surface area contributed by atoms with Crippen LogP contribution in [0.15, 0.2) is 82.8 Å². The van der Waals surface area contributed by atoms with Gasteiger partial charge in [0.15, 0.2) is 0 Å². The Morgan fingerprint density at radius 1 is 1.04 bits per heavy atom. The van der Waals surface area contributed by atoms with Crippen molar-refractivity contribution in [2.45, 2.75) is 30.3 Å². The van der Waals surface area contributed by atoms with Gasteiger partial charge in [-0.2, -0.15) is 0 Å². The van der Waals surface area contributed by atoms with Crippen molar-refractivity contribution in [3.8, 4) is 11.8 Å². The molecule has 1 atom stereocenters. The van der Waals surface area contributed by atoms with Crippen molar-refractivity contribution < 1.29 is 13.5 Å². The van der Waals surface area contributed by atoms with Gasteiger partial charge < -0.3 is 5.11 Å². The first-order chi connectivity index (χ1) is 12.0. The maximum absolute atomic E-state index is 12.5. The molecule has 0 radical (unpaired) electrons. The van der Waals surface area contributed by atoms with Gasteiger partial charge in [-0.05, 0) is 43.5 Å². The lowest BCUT2D eigenvalue weighted by Crippen LogP contribution is -2.07. The average Bonchev–Trinajstić information content (AvgIpc) is 2.65. The van der Waals surface area contributed by atoms with Gasteiger partial charge >= 0.3 is 0 Å². The SMILES string of the molecule is C=C=C(CCCC(O)C#Cc1ccccc1)S(=O)(=O)c1ccccc1. The summed E-state index contributed by atoms with van der Waals surface area (Å²) < 4.78 is 25.0. The van der Waals surface area contributed by atoms with E-state index in [1.807, 2.05) is 30.3 Å². The molecule has 0 saturated carbocycles. The Morgan fingerprint density at radius 3 is 2.24 bits per heavy atom. The fraction of sp³-hybridized carbons (Fsp3) is 0.190. The van der Waals surface area contributed by atoms with E-state index in [1.54, 1.807) is 30.3 Å². The smallest absolute Gasteiger partial charge is 0.209 e. The van der Waals surface area contributed by atoms with Gasteiger partial charge in [0.25, 0.3) is 0 Å². The highest BCUT2D eigenvalue weighted by Crippen LogP contribution is 2.22. The normalized spacial score (nSPS) is 11.7. The highest BCUT2D eigenvalue weighted by molar-refractivity contribution is 7.95. The second-order valence-electron chi connectivity index (χ2n) is 5.46. The van der Waals surface area contributed by atoms with Gasteiger partial charge in [-0.1, -0.05) is 54.8 Å². The minimum Gasteiger partial charge on any atom is -0.380 e. The number of aliphatic hydroxyl groups excluding tert-OH is 1. The molecule has 0 aromatic heterocycles. The van der Waals surface area contributed by atoms with E-state index in [0.29, 0.717) is 12.8 Å². The molecule has 4 heteroatoms. The molecule has 1 N–H and O–H groups in total. The summed E-state index contributed by atoms with van der Waals surface area (Å²) in [6.07, 6.45) is 0.333. The van der Waals surface area contributed by atoms with E-state index < -0.39 is 15.9 Å². The molecule has 128 valence electrons.